The van der Waals surface area contributed by atoms with Crippen LogP contribution in [0, 0.1) is 0 Å². The number of rotatable bonds is 6. The fourth-order valence-corrected chi connectivity index (χ4v) is 3.31. The van der Waals surface area contributed by atoms with Gasteiger partial charge in [-0.1, -0.05) is 35.3 Å². The van der Waals surface area contributed by atoms with Crippen molar-refractivity contribution in [2.75, 3.05) is 25.1 Å². The first kappa shape index (κ1) is 20.4. The van der Waals surface area contributed by atoms with E-state index in [1.54, 1.807) is 24.3 Å². The number of hydrogen-bond donors (Lipinski definition) is 1. The summed E-state index contributed by atoms with van der Waals surface area (Å²) in [6.07, 6.45) is 3.51. The van der Waals surface area contributed by atoms with E-state index in [1.165, 1.54) is 13.3 Å². The average Bonchev–Trinajstić information content (AvgIpc) is 3.23. The molecule has 1 atom stereocenters. The van der Waals surface area contributed by atoms with Crippen LogP contribution in [-0.4, -0.2) is 42.0 Å². The molecule has 28 heavy (non-hydrogen) atoms. The summed E-state index contributed by atoms with van der Waals surface area (Å²) < 4.78 is 4.75. The van der Waals surface area contributed by atoms with Crippen molar-refractivity contribution in [2.45, 2.75) is 25.3 Å². The molecule has 1 saturated heterocycles. The van der Waals surface area contributed by atoms with Gasteiger partial charge < -0.3 is 15.0 Å². The van der Waals surface area contributed by atoms with Gasteiger partial charge in [0.25, 0.3) is 5.91 Å². The molecular formula is C19H20Cl2N4O3. The van der Waals surface area contributed by atoms with Crippen LogP contribution < -0.4 is 10.2 Å². The molecular weight excluding hydrogens is 403 g/mol. The Bertz CT molecular complexity index is 855. The molecule has 2 heterocycles. The summed E-state index contributed by atoms with van der Waals surface area (Å²) in [4.78, 5) is 35.3. The first-order chi connectivity index (χ1) is 13.5. The number of nitrogens with zero attached hydrogens (tertiary/aromatic N) is 3. The molecule has 0 bridgehead atoms. The van der Waals surface area contributed by atoms with E-state index in [4.69, 9.17) is 27.9 Å². The third kappa shape index (κ3) is 4.91. The third-order valence-electron chi connectivity index (χ3n) is 4.51. The van der Waals surface area contributed by atoms with E-state index < -0.39 is 17.9 Å². The third-order valence-corrected chi connectivity index (χ3v) is 5.04. The number of methoxy groups -OCH3 is 1. The van der Waals surface area contributed by atoms with Gasteiger partial charge in [-0.2, -0.15) is 0 Å². The number of nitrogens with one attached hydrogen (secondary N) is 1. The quantitative estimate of drug-likeness (QED) is 0.717. The van der Waals surface area contributed by atoms with Crippen molar-refractivity contribution >= 4 is 41.0 Å². The molecule has 1 aliphatic heterocycles. The zero-order valence-corrected chi connectivity index (χ0v) is 16.8. The van der Waals surface area contributed by atoms with E-state index >= 15 is 0 Å². The van der Waals surface area contributed by atoms with Crippen LogP contribution in [0.5, 0.6) is 0 Å². The Hall–Kier alpha value is -2.38. The average molecular weight is 423 g/mol. The SMILES string of the molecule is COC(=O)CC(NC(=O)c1nc(N2CCCC2)ncc1Cl)c1ccc(Cl)cc1. The molecule has 7 nitrogen and oxygen atoms in total. The Morgan fingerprint density at radius 2 is 1.89 bits per heavy atom. The summed E-state index contributed by atoms with van der Waals surface area (Å²) in [5.41, 5.74) is 0.787. The van der Waals surface area contributed by atoms with E-state index in [1.807, 2.05) is 4.90 Å². The minimum atomic E-state index is -0.613. The summed E-state index contributed by atoms with van der Waals surface area (Å²) in [6.45, 7) is 1.69. The minimum absolute atomic E-state index is 0.0362. The summed E-state index contributed by atoms with van der Waals surface area (Å²) >= 11 is 12.1. The Kier molecular flexibility index (Phi) is 6.70. The predicted octanol–water partition coefficient (Wildman–Crippen LogP) is 3.42. The van der Waals surface area contributed by atoms with Crippen molar-refractivity contribution in [3.63, 3.8) is 0 Å². The van der Waals surface area contributed by atoms with Crippen LogP contribution in [0.25, 0.3) is 0 Å². The van der Waals surface area contributed by atoms with Crippen LogP contribution in [0.4, 0.5) is 5.95 Å². The van der Waals surface area contributed by atoms with Gasteiger partial charge in [-0.05, 0) is 30.5 Å². The number of halogens is 2. The zero-order chi connectivity index (χ0) is 20.1. The number of benzene rings is 1. The summed E-state index contributed by atoms with van der Waals surface area (Å²) in [6, 6.07) is 6.26. The van der Waals surface area contributed by atoms with Gasteiger partial charge >= 0.3 is 5.97 Å². The highest BCUT2D eigenvalue weighted by Crippen LogP contribution is 2.23. The number of aromatic nitrogens is 2. The van der Waals surface area contributed by atoms with Crippen molar-refractivity contribution < 1.29 is 14.3 Å². The second-order valence-electron chi connectivity index (χ2n) is 6.42. The van der Waals surface area contributed by atoms with Crippen LogP contribution >= 0.6 is 23.2 Å². The Balaban J connectivity index is 1.83. The Morgan fingerprint density at radius 1 is 1.21 bits per heavy atom. The Morgan fingerprint density at radius 3 is 2.54 bits per heavy atom. The summed E-state index contributed by atoms with van der Waals surface area (Å²) in [5, 5.41) is 3.52. The lowest BCUT2D eigenvalue weighted by Gasteiger charge is -2.20. The molecule has 0 radical (unpaired) electrons. The van der Waals surface area contributed by atoms with Crippen LogP contribution in [-0.2, 0) is 9.53 Å². The molecule has 0 saturated carbocycles. The van der Waals surface area contributed by atoms with E-state index in [2.05, 4.69) is 15.3 Å². The highest BCUT2D eigenvalue weighted by molar-refractivity contribution is 6.33. The van der Waals surface area contributed by atoms with Gasteiger partial charge in [0.15, 0.2) is 5.69 Å². The predicted molar refractivity (Wildman–Crippen MR) is 107 cm³/mol. The topological polar surface area (TPSA) is 84.4 Å². The van der Waals surface area contributed by atoms with Gasteiger partial charge in [0.1, 0.15) is 0 Å². The molecule has 2 aromatic rings. The lowest BCUT2D eigenvalue weighted by molar-refractivity contribution is -0.141. The largest absolute Gasteiger partial charge is 0.469 e. The number of ether oxygens (including phenoxy) is 1. The van der Waals surface area contributed by atoms with Crippen LogP contribution in [0.3, 0.4) is 0 Å². The number of amides is 1. The maximum atomic E-state index is 12.9. The molecule has 1 N–H and O–H groups in total. The van der Waals surface area contributed by atoms with Crippen molar-refractivity contribution in [3.05, 3.63) is 51.8 Å². The lowest BCUT2D eigenvalue weighted by Crippen LogP contribution is -2.32. The monoisotopic (exact) mass is 422 g/mol. The summed E-state index contributed by atoms with van der Waals surface area (Å²) in [5.74, 6) is -0.466. The zero-order valence-electron chi connectivity index (χ0n) is 15.3. The first-order valence-corrected chi connectivity index (χ1v) is 9.64. The fraction of sp³-hybridized carbons (Fsp3) is 0.368. The molecule has 1 fully saturated rings. The molecule has 1 unspecified atom stereocenters. The second kappa shape index (κ2) is 9.21. The summed E-state index contributed by atoms with van der Waals surface area (Å²) in [7, 11) is 1.30. The molecule has 148 valence electrons. The second-order valence-corrected chi connectivity index (χ2v) is 7.26. The van der Waals surface area contributed by atoms with Gasteiger partial charge in [-0.25, -0.2) is 9.97 Å². The number of hydrogen-bond acceptors (Lipinski definition) is 6. The van der Waals surface area contributed by atoms with E-state index in [0.717, 1.165) is 25.9 Å². The standard InChI is InChI=1S/C19H20Cl2N4O3/c1-28-16(26)10-15(12-4-6-13(20)7-5-12)23-18(27)17-14(21)11-22-19(24-17)25-8-2-3-9-25/h4-7,11,15H,2-3,8-10H2,1H3,(H,23,27). The van der Waals surface area contributed by atoms with Gasteiger partial charge in [-0.15, -0.1) is 0 Å². The van der Waals surface area contributed by atoms with Gasteiger partial charge in [0.05, 0.1) is 30.8 Å². The van der Waals surface area contributed by atoms with Gasteiger partial charge in [-0.3, -0.25) is 9.59 Å². The molecule has 0 spiro atoms. The van der Waals surface area contributed by atoms with Crippen LogP contribution in [0.1, 0.15) is 41.4 Å². The van der Waals surface area contributed by atoms with E-state index in [0.29, 0.717) is 16.5 Å². The molecule has 1 amide bonds. The molecule has 9 heteroatoms. The lowest BCUT2D eigenvalue weighted by atomic mass is 10.0. The molecule has 3 rings (SSSR count). The normalized spacial score (nSPS) is 14.6. The Labute approximate surface area is 173 Å². The highest BCUT2D eigenvalue weighted by Gasteiger charge is 2.24. The maximum Gasteiger partial charge on any atom is 0.307 e. The van der Waals surface area contributed by atoms with E-state index in [9.17, 15) is 9.59 Å². The first-order valence-electron chi connectivity index (χ1n) is 8.88. The number of carbonyl (C=O) groups is 2. The highest BCUT2D eigenvalue weighted by atomic mass is 35.5. The number of anilines is 1. The maximum absolute atomic E-state index is 12.9. The fourth-order valence-electron chi connectivity index (χ4n) is 3.01. The van der Waals surface area contributed by atoms with Crippen LogP contribution in [0.15, 0.2) is 30.5 Å². The smallest absolute Gasteiger partial charge is 0.307 e. The number of carbonyl (C=O) groups excluding carboxylic acids is 2. The van der Waals surface area contributed by atoms with Crippen molar-refractivity contribution in [3.8, 4) is 0 Å². The molecule has 1 aromatic heterocycles. The van der Waals surface area contributed by atoms with Crippen LogP contribution in [0.2, 0.25) is 10.0 Å². The van der Waals surface area contributed by atoms with Crippen molar-refractivity contribution in [1.29, 1.82) is 0 Å². The van der Waals surface area contributed by atoms with E-state index in [-0.39, 0.29) is 17.1 Å². The minimum Gasteiger partial charge on any atom is -0.469 e. The van der Waals surface area contributed by atoms with Crippen molar-refractivity contribution in [1.82, 2.24) is 15.3 Å². The molecule has 1 aliphatic rings. The number of esters is 1. The van der Waals surface area contributed by atoms with Gasteiger partial charge in [0.2, 0.25) is 5.95 Å². The molecule has 0 aliphatic carbocycles. The van der Waals surface area contributed by atoms with Gasteiger partial charge in [0, 0.05) is 18.1 Å². The molecule has 1 aromatic carbocycles. The van der Waals surface area contributed by atoms with Crippen molar-refractivity contribution in [2.24, 2.45) is 0 Å².